The Balaban J connectivity index is 2.11. The molecular formula is C16H13ClNO4P. The number of carbonyl (C=O) groups excluding carboxylic acids is 1. The molecule has 1 unspecified atom stereocenters. The molecule has 0 saturated heterocycles. The summed E-state index contributed by atoms with van der Waals surface area (Å²) in [6.07, 6.45) is 0. The van der Waals surface area contributed by atoms with Crippen LogP contribution in [0.4, 0.5) is 0 Å². The first-order valence-corrected chi connectivity index (χ1v) is 7.76. The fourth-order valence-corrected chi connectivity index (χ4v) is 2.10. The molecular weight excluding hydrogens is 337 g/mol. The summed E-state index contributed by atoms with van der Waals surface area (Å²) in [5.41, 5.74) is 6.76. The number of ether oxygens (including phenoxy) is 2. The maximum atomic E-state index is 12.2. The zero-order valence-corrected chi connectivity index (χ0v) is 13.6. The van der Waals surface area contributed by atoms with Crippen molar-refractivity contribution in [2.45, 2.75) is 12.3 Å². The van der Waals surface area contributed by atoms with Gasteiger partial charge in [0.25, 0.3) is 0 Å². The van der Waals surface area contributed by atoms with Crippen LogP contribution in [-0.2, 0) is 20.7 Å². The van der Waals surface area contributed by atoms with Crippen LogP contribution >= 0.6 is 19.5 Å². The van der Waals surface area contributed by atoms with Gasteiger partial charge >= 0.3 is 139 Å². The van der Waals surface area contributed by atoms with Crippen molar-refractivity contribution in [1.29, 1.82) is 0 Å². The van der Waals surface area contributed by atoms with Gasteiger partial charge in [0, 0.05) is 0 Å². The third kappa shape index (κ3) is 4.98. The molecule has 7 heteroatoms. The van der Waals surface area contributed by atoms with Crippen molar-refractivity contribution in [2.75, 3.05) is 0 Å². The minimum absolute atomic E-state index is 0.0139. The molecule has 0 aliphatic carbocycles. The summed E-state index contributed by atoms with van der Waals surface area (Å²) in [5, 5.41) is 0.501. The number of carbonyl (C=O) groups is 1. The Morgan fingerprint density at radius 3 is 2.43 bits per heavy atom. The molecule has 0 radical (unpaired) electrons. The van der Waals surface area contributed by atoms with Gasteiger partial charge in [-0.1, -0.05) is 0 Å². The van der Waals surface area contributed by atoms with E-state index in [2.05, 4.69) is 5.63 Å². The van der Waals surface area contributed by atoms with Crippen molar-refractivity contribution in [3.63, 3.8) is 0 Å². The van der Waals surface area contributed by atoms with Crippen LogP contribution in [0, 0.1) is 5.63 Å². The first kappa shape index (κ1) is 17.3. The molecule has 0 aliphatic heterocycles. The summed E-state index contributed by atoms with van der Waals surface area (Å²) in [7, 11) is -0.575. The van der Waals surface area contributed by atoms with Crippen LogP contribution in [0.15, 0.2) is 54.6 Å². The van der Waals surface area contributed by atoms with Crippen LogP contribution in [-0.4, -0.2) is 11.7 Å². The monoisotopic (exact) mass is 349 g/mol. The second kappa shape index (κ2) is 8.00. The second-order valence-electron chi connectivity index (χ2n) is 4.56. The van der Waals surface area contributed by atoms with Crippen LogP contribution in [0.25, 0.3) is 0 Å². The van der Waals surface area contributed by atoms with Crippen LogP contribution in [0.1, 0.15) is 5.56 Å². The molecule has 0 spiro atoms. The molecule has 2 N–H and O–H groups in total. The molecule has 2 rings (SSSR count). The van der Waals surface area contributed by atoms with Crippen LogP contribution in [0.2, 0.25) is 5.02 Å². The topological polar surface area (TPSA) is 78.6 Å². The Bertz CT molecular complexity index is 776. The number of hydrogen-bond acceptors (Lipinski definition) is 5. The number of benzene rings is 2. The van der Waals surface area contributed by atoms with E-state index in [0.29, 0.717) is 5.02 Å². The minimum atomic E-state index is -2.09. The Morgan fingerprint density at radius 1 is 1.17 bits per heavy atom. The van der Waals surface area contributed by atoms with E-state index in [1.807, 2.05) is 18.2 Å². The van der Waals surface area contributed by atoms with Gasteiger partial charge in [-0.25, -0.2) is 0 Å². The van der Waals surface area contributed by atoms with E-state index in [4.69, 9.17) is 26.8 Å². The molecule has 118 valence electrons. The molecule has 1 atom stereocenters. The number of esters is 1. The van der Waals surface area contributed by atoms with Gasteiger partial charge in [0.15, 0.2) is 0 Å². The van der Waals surface area contributed by atoms with Crippen molar-refractivity contribution >= 4 is 25.5 Å². The van der Waals surface area contributed by atoms with Crippen molar-refractivity contribution in [3.8, 4) is 11.4 Å². The molecule has 2 aromatic rings. The third-order valence-corrected chi connectivity index (χ3v) is 3.50. The van der Waals surface area contributed by atoms with E-state index in [1.165, 1.54) is 12.1 Å². The second-order valence-corrected chi connectivity index (χ2v) is 5.40. The zero-order valence-electron chi connectivity index (χ0n) is 11.9. The van der Waals surface area contributed by atoms with Crippen LogP contribution < -0.4 is 10.5 Å². The van der Waals surface area contributed by atoms with E-state index in [1.54, 1.807) is 24.3 Å². The molecule has 0 aromatic heterocycles. The average molecular weight is 350 g/mol. The summed E-state index contributed by atoms with van der Waals surface area (Å²) in [6.45, 7) is 0.0139. The molecule has 5 nitrogen and oxygen atoms in total. The van der Waals surface area contributed by atoms with Gasteiger partial charge in [0.2, 0.25) is 0 Å². The van der Waals surface area contributed by atoms with Crippen LogP contribution in [0.5, 0.6) is 5.75 Å². The van der Waals surface area contributed by atoms with E-state index in [-0.39, 0.29) is 12.4 Å². The first-order valence-electron chi connectivity index (χ1n) is 6.57. The molecule has 0 bridgehead atoms. The number of hydrogen-bond donors (Lipinski definition) is 1. The van der Waals surface area contributed by atoms with E-state index in [0.717, 1.165) is 5.56 Å². The van der Waals surface area contributed by atoms with Gasteiger partial charge in [-0.2, -0.15) is 0 Å². The Hall–Kier alpha value is -2.03. The Labute approximate surface area is 139 Å². The summed E-state index contributed by atoms with van der Waals surface area (Å²) in [4.78, 5) is 12.2. The van der Waals surface area contributed by atoms with E-state index in [9.17, 15) is 9.36 Å². The quantitative estimate of drug-likeness (QED) is 0.508. The van der Waals surface area contributed by atoms with Gasteiger partial charge in [-0.3, -0.25) is 0 Å². The summed E-state index contributed by atoms with van der Waals surface area (Å²) in [6, 6.07) is 15.3. The predicted octanol–water partition coefficient (Wildman–Crippen LogP) is 3.37. The standard InChI is InChI=1S/C16H13ClNO4P/c17-13-6-8-14(9-7-13)22-16(18,11-23-20)15(19)21-10-12-4-2-1-3-5-12/h1-9H,10,18H2. The van der Waals surface area contributed by atoms with Gasteiger partial charge < -0.3 is 0 Å². The molecule has 23 heavy (non-hydrogen) atoms. The molecule has 0 amide bonds. The molecule has 0 fully saturated rings. The maximum absolute atomic E-state index is 12.2. The van der Waals surface area contributed by atoms with Crippen LogP contribution in [0.3, 0.4) is 0 Å². The molecule has 2 aromatic carbocycles. The Kier molecular flexibility index (Phi) is 6.03. The fourth-order valence-electron chi connectivity index (χ4n) is 1.70. The van der Waals surface area contributed by atoms with E-state index >= 15 is 0 Å². The van der Waals surface area contributed by atoms with Gasteiger partial charge in [0.1, 0.15) is 0 Å². The van der Waals surface area contributed by atoms with Crippen molar-refractivity contribution in [2.24, 2.45) is 5.73 Å². The Morgan fingerprint density at radius 2 is 1.83 bits per heavy atom. The number of nitrogens with two attached hydrogens (primary N) is 1. The van der Waals surface area contributed by atoms with Gasteiger partial charge in [-0.15, -0.1) is 0 Å². The fraction of sp³-hybridized carbons (Fsp3) is 0.125. The van der Waals surface area contributed by atoms with Crippen molar-refractivity contribution in [1.82, 2.24) is 0 Å². The average Bonchev–Trinajstić information content (AvgIpc) is 2.56. The van der Waals surface area contributed by atoms with Crippen molar-refractivity contribution < 1.29 is 18.8 Å². The van der Waals surface area contributed by atoms with Crippen molar-refractivity contribution in [3.05, 3.63) is 65.2 Å². The zero-order chi connectivity index (χ0) is 16.7. The van der Waals surface area contributed by atoms with Gasteiger partial charge in [-0.05, 0) is 0 Å². The predicted molar refractivity (Wildman–Crippen MR) is 86.7 cm³/mol. The number of rotatable bonds is 5. The summed E-state index contributed by atoms with van der Waals surface area (Å²) < 4.78 is 21.3. The SMILES string of the molecule is NC(C#P=O)(Oc1ccc(Cl)cc1)C(=O)OCc1ccccc1. The molecule has 0 heterocycles. The molecule has 0 saturated carbocycles. The van der Waals surface area contributed by atoms with Gasteiger partial charge in [0.05, 0.1) is 0 Å². The third-order valence-electron chi connectivity index (χ3n) is 2.82. The van der Waals surface area contributed by atoms with E-state index < -0.39 is 19.6 Å². The molecule has 0 aliphatic rings. The summed E-state index contributed by atoms with van der Waals surface area (Å²) in [5.74, 6) is -0.635. The first-order chi connectivity index (χ1) is 11.0. The number of halogens is 1. The summed E-state index contributed by atoms with van der Waals surface area (Å²) >= 11 is 5.78. The normalized spacial score (nSPS) is 12.6.